The maximum absolute atomic E-state index is 4.55. The molecule has 0 saturated heterocycles. The van der Waals surface area contributed by atoms with Gasteiger partial charge in [-0.1, -0.05) is 6.92 Å². The Balaban J connectivity index is 2.28. The summed E-state index contributed by atoms with van der Waals surface area (Å²) in [5, 5.41) is 8.08. The molecule has 2 rings (SSSR count). The van der Waals surface area contributed by atoms with E-state index in [1.807, 2.05) is 30.9 Å². The van der Waals surface area contributed by atoms with Gasteiger partial charge >= 0.3 is 0 Å². The fraction of sp³-hybridized carbons (Fsp3) is 0.500. The lowest BCUT2D eigenvalue weighted by molar-refractivity contribution is 0.501. The Labute approximate surface area is 135 Å². The van der Waals surface area contributed by atoms with Crippen molar-refractivity contribution in [1.82, 2.24) is 20.1 Å². The van der Waals surface area contributed by atoms with Crippen LogP contribution in [-0.2, 0) is 13.5 Å². The molecule has 2 aromatic heterocycles. The third-order valence-electron chi connectivity index (χ3n) is 3.59. The number of pyridine rings is 1. The summed E-state index contributed by atoms with van der Waals surface area (Å²) in [6.45, 7) is 7.28. The van der Waals surface area contributed by atoms with Crippen molar-refractivity contribution in [2.75, 3.05) is 6.54 Å². The van der Waals surface area contributed by atoms with E-state index in [0.717, 1.165) is 35.2 Å². The Morgan fingerprint density at radius 2 is 2.14 bits per heavy atom. The molecule has 0 spiro atoms. The van der Waals surface area contributed by atoms with Gasteiger partial charge in [-0.2, -0.15) is 5.10 Å². The van der Waals surface area contributed by atoms with Crippen LogP contribution in [0.15, 0.2) is 22.8 Å². The zero-order chi connectivity index (χ0) is 15.4. The van der Waals surface area contributed by atoms with Crippen LogP contribution in [0.3, 0.4) is 0 Å². The molecule has 0 aliphatic carbocycles. The summed E-state index contributed by atoms with van der Waals surface area (Å²) in [6.07, 6.45) is 3.86. The van der Waals surface area contributed by atoms with Crippen LogP contribution in [0.1, 0.15) is 42.0 Å². The predicted octanol–water partition coefficient (Wildman–Crippen LogP) is 3.48. The minimum absolute atomic E-state index is 0.205. The molecule has 0 bridgehead atoms. The lowest BCUT2D eigenvalue weighted by atomic mass is 10.1. The Kier molecular flexibility index (Phi) is 5.53. The van der Waals surface area contributed by atoms with Gasteiger partial charge in [-0.05, 0) is 60.4 Å². The molecule has 0 radical (unpaired) electrons. The van der Waals surface area contributed by atoms with Crippen LogP contribution in [0, 0.1) is 13.8 Å². The van der Waals surface area contributed by atoms with Crippen molar-refractivity contribution in [2.24, 2.45) is 7.05 Å². The summed E-state index contributed by atoms with van der Waals surface area (Å²) >= 11 is 3.65. The first-order valence-electron chi connectivity index (χ1n) is 7.36. The first kappa shape index (κ1) is 16.2. The summed E-state index contributed by atoms with van der Waals surface area (Å²) in [5.74, 6) is 0. The zero-order valence-electron chi connectivity index (χ0n) is 13.2. The fourth-order valence-electron chi connectivity index (χ4n) is 2.45. The molecular weight excluding hydrogens is 328 g/mol. The maximum Gasteiger partial charge on any atom is 0.0738 e. The van der Waals surface area contributed by atoms with Crippen molar-refractivity contribution < 1.29 is 0 Å². The predicted molar refractivity (Wildman–Crippen MR) is 89.4 cm³/mol. The molecule has 2 aromatic rings. The lowest BCUT2D eigenvalue weighted by Gasteiger charge is -2.19. The van der Waals surface area contributed by atoms with E-state index in [4.69, 9.17) is 0 Å². The number of halogens is 1. The molecule has 5 heteroatoms. The molecule has 0 fully saturated rings. The molecule has 1 N–H and O–H groups in total. The van der Waals surface area contributed by atoms with Crippen LogP contribution in [-0.4, -0.2) is 21.3 Å². The molecule has 0 aliphatic heterocycles. The van der Waals surface area contributed by atoms with E-state index in [2.05, 4.69) is 51.2 Å². The number of nitrogens with one attached hydrogen (secondary N) is 1. The minimum Gasteiger partial charge on any atom is -0.308 e. The number of nitrogens with zero attached hydrogens (tertiary/aromatic N) is 3. The van der Waals surface area contributed by atoms with Gasteiger partial charge in [0.05, 0.1) is 27.6 Å². The molecule has 0 aliphatic rings. The Hall–Kier alpha value is -1.20. The third kappa shape index (κ3) is 3.92. The minimum atomic E-state index is 0.205. The van der Waals surface area contributed by atoms with Gasteiger partial charge < -0.3 is 5.32 Å². The molecule has 4 nitrogen and oxygen atoms in total. The standard InChI is InChI=1S/C16H23BrN4/c1-5-7-18-14(13-9-11(2)6-8-19-13)10-15-16(17)12(3)20-21(15)4/h6,8-9,14,18H,5,7,10H2,1-4H3. The topological polar surface area (TPSA) is 42.7 Å². The van der Waals surface area contributed by atoms with Gasteiger partial charge in [-0.25, -0.2) is 0 Å². The van der Waals surface area contributed by atoms with E-state index in [1.165, 1.54) is 11.3 Å². The van der Waals surface area contributed by atoms with E-state index >= 15 is 0 Å². The summed E-state index contributed by atoms with van der Waals surface area (Å²) < 4.78 is 3.05. The van der Waals surface area contributed by atoms with Crippen molar-refractivity contribution in [3.63, 3.8) is 0 Å². The van der Waals surface area contributed by atoms with E-state index in [-0.39, 0.29) is 6.04 Å². The molecule has 0 saturated carbocycles. The molecule has 1 unspecified atom stereocenters. The molecule has 2 heterocycles. The van der Waals surface area contributed by atoms with Gasteiger partial charge in [0.2, 0.25) is 0 Å². The summed E-state index contributed by atoms with van der Waals surface area (Å²) in [5.41, 5.74) is 4.56. The van der Waals surface area contributed by atoms with E-state index in [1.54, 1.807) is 0 Å². The first-order chi connectivity index (χ1) is 10.0. The Morgan fingerprint density at radius 1 is 1.38 bits per heavy atom. The molecule has 0 amide bonds. The van der Waals surface area contributed by atoms with Gasteiger partial charge in [-0.3, -0.25) is 9.67 Å². The van der Waals surface area contributed by atoms with Crippen LogP contribution in [0.5, 0.6) is 0 Å². The van der Waals surface area contributed by atoms with Crippen LogP contribution in [0.2, 0.25) is 0 Å². The molecule has 21 heavy (non-hydrogen) atoms. The van der Waals surface area contributed by atoms with Crippen molar-refractivity contribution >= 4 is 15.9 Å². The average molecular weight is 351 g/mol. The first-order valence-corrected chi connectivity index (χ1v) is 8.16. The number of hydrogen-bond acceptors (Lipinski definition) is 3. The second-order valence-electron chi connectivity index (χ2n) is 5.44. The fourth-order valence-corrected chi connectivity index (χ4v) is 2.94. The van der Waals surface area contributed by atoms with Crippen molar-refractivity contribution in [3.8, 4) is 0 Å². The Bertz CT molecular complexity index is 606. The largest absolute Gasteiger partial charge is 0.308 e. The van der Waals surface area contributed by atoms with Gasteiger partial charge in [-0.15, -0.1) is 0 Å². The molecule has 0 aromatic carbocycles. The maximum atomic E-state index is 4.55. The number of aromatic nitrogens is 3. The van der Waals surface area contributed by atoms with Crippen molar-refractivity contribution in [1.29, 1.82) is 0 Å². The highest BCUT2D eigenvalue weighted by Gasteiger charge is 2.19. The summed E-state index contributed by atoms with van der Waals surface area (Å²) in [4.78, 5) is 4.55. The second-order valence-corrected chi connectivity index (χ2v) is 6.23. The molecule has 1 atom stereocenters. The summed E-state index contributed by atoms with van der Waals surface area (Å²) in [7, 11) is 1.99. The Morgan fingerprint density at radius 3 is 2.71 bits per heavy atom. The quantitative estimate of drug-likeness (QED) is 0.867. The SMILES string of the molecule is CCCNC(Cc1c(Br)c(C)nn1C)c1cc(C)ccn1. The highest BCUT2D eigenvalue weighted by atomic mass is 79.9. The average Bonchev–Trinajstić information content (AvgIpc) is 2.69. The number of rotatable bonds is 6. The third-order valence-corrected chi connectivity index (χ3v) is 4.62. The zero-order valence-corrected chi connectivity index (χ0v) is 14.7. The number of aryl methyl sites for hydroxylation is 3. The van der Waals surface area contributed by atoms with Gasteiger partial charge in [0.15, 0.2) is 0 Å². The molecular formula is C16H23BrN4. The molecule has 114 valence electrons. The van der Waals surface area contributed by atoms with E-state index in [9.17, 15) is 0 Å². The highest BCUT2D eigenvalue weighted by Crippen LogP contribution is 2.25. The summed E-state index contributed by atoms with van der Waals surface area (Å²) in [6, 6.07) is 4.39. The van der Waals surface area contributed by atoms with Crippen LogP contribution < -0.4 is 5.32 Å². The van der Waals surface area contributed by atoms with Gasteiger partial charge in [0, 0.05) is 19.7 Å². The normalized spacial score (nSPS) is 12.6. The highest BCUT2D eigenvalue weighted by molar-refractivity contribution is 9.10. The van der Waals surface area contributed by atoms with Gasteiger partial charge in [0.1, 0.15) is 0 Å². The van der Waals surface area contributed by atoms with E-state index in [0.29, 0.717) is 0 Å². The smallest absolute Gasteiger partial charge is 0.0738 e. The lowest BCUT2D eigenvalue weighted by Crippen LogP contribution is -2.26. The van der Waals surface area contributed by atoms with E-state index < -0.39 is 0 Å². The van der Waals surface area contributed by atoms with Crippen molar-refractivity contribution in [3.05, 3.63) is 45.4 Å². The van der Waals surface area contributed by atoms with Gasteiger partial charge in [0.25, 0.3) is 0 Å². The van der Waals surface area contributed by atoms with Crippen LogP contribution in [0.25, 0.3) is 0 Å². The van der Waals surface area contributed by atoms with Crippen molar-refractivity contribution in [2.45, 2.75) is 39.7 Å². The monoisotopic (exact) mass is 350 g/mol. The van der Waals surface area contributed by atoms with Crippen LogP contribution in [0.4, 0.5) is 0 Å². The van der Waals surface area contributed by atoms with Crippen LogP contribution >= 0.6 is 15.9 Å². The number of hydrogen-bond donors (Lipinski definition) is 1. The second kappa shape index (κ2) is 7.18.